The molecule has 1 aliphatic rings. The molecule has 0 bridgehead atoms. The molecule has 0 radical (unpaired) electrons. The van der Waals surface area contributed by atoms with Crippen molar-refractivity contribution in [3.05, 3.63) is 0 Å². The maximum Gasteiger partial charge on any atom is 1.00 e. The van der Waals surface area contributed by atoms with Gasteiger partial charge in [0.15, 0.2) is 0 Å². The maximum absolute atomic E-state index is 10.0. The van der Waals surface area contributed by atoms with Gasteiger partial charge < -0.3 is 30.3 Å². The number of carbonyl (C=O) groups is 2. The van der Waals surface area contributed by atoms with Gasteiger partial charge in [-0.1, -0.05) is 0 Å². The normalized spacial score (nSPS) is 10.7. The van der Waals surface area contributed by atoms with Crippen LogP contribution in [0.4, 0.5) is 0 Å². The van der Waals surface area contributed by atoms with Crippen molar-refractivity contribution in [2.75, 3.05) is 20.3 Å². The molecule has 1 saturated heterocycles. The number of cyclic esters (lactones) is 1. The van der Waals surface area contributed by atoms with Gasteiger partial charge in [0.2, 0.25) is 0 Å². The molecule has 1 heterocycles. The van der Waals surface area contributed by atoms with E-state index in [-0.39, 0.29) is 127 Å². The predicted octanol–water partition coefficient (Wildman–Crippen LogP) is -7.73. The van der Waals surface area contributed by atoms with Gasteiger partial charge in [-0.2, -0.15) is 0 Å². The zero-order chi connectivity index (χ0) is 12.1. The number of carboxylic acid groups (broad SMARTS) is 1. The third-order valence-electron chi connectivity index (χ3n) is 1.33. The van der Waals surface area contributed by atoms with Crippen molar-refractivity contribution in [2.45, 2.75) is 25.7 Å². The number of carbonyl (C=O) groups excluding carboxylic acids is 2. The van der Waals surface area contributed by atoms with Gasteiger partial charge in [0, 0.05) is 26.1 Å². The Balaban J connectivity index is -0.0000000480. The summed E-state index contributed by atoms with van der Waals surface area (Å²) in [6.45, 7) is 0.562. The van der Waals surface area contributed by atoms with Crippen LogP contribution < -0.4 is 108 Å². The number of aliphatic carboxylic acids is 1. The van der Waals surface area contributed by atoms with Gasteiger partial charge in [0.05, 0.1) is 6.61 Å². The van der Waals surface area contributed by atoms with Gasteiger partial charge in [-0.25, -0.2) is 0 Å². The zero-order valence-corrected chi connectivity index (χ0v) is 17.5. The van der Waals surface area contributed by atoms with E-state index in [4.69, 9.17) is 10.2 Å². The minimum Gasteiger partial charge on any atom is -0.870 e. The Hall–Kier alpha value is 2.09. The molecule has 9 heteroatoms. The van der Waals surface area contributed by atoms with Crippen LogP contribution >= 0.6 is 0 Å². The van der Waals surface area contributed by atoms with Crippen LogP contribution in [0.25, 0.3) is 0 Å². The molecular weight excluding hydrogens is 298 g/mol. The molecule has 0 aromatic heterocycles. The van der Waals surface area contributed by atoms with Gasteiger partial charge >= 0.3 is 109 Å². The largest absolute Gasteiger partial charge is 1.00 e. The van der Waals surface area contributed by atoms with E-state index in [9.17, 15) is 14.7 Å². The van der Waals surface area contributed by atoms with Crippen LogP contribution in [0.3, 0.4) is 0 Å². The molecule has 1 aliphatic heterocycles. The van der Waals surface area contributed by atoms with Gasteiger partial charge in [0.1, 0.15) is 0 Å². The van der Waals surface area contributed by atoms with Crippen LogP contribution in [0.1, 0.15) is 25.7 Å². The van der Waals surface area contributed by atoms with E-state index >= 15 is 0 Å². The minimum absolute atomic E-state index is 0. The summed E-state index contributed by atoms with van der Waals surface area (Å²) in [7, 11) is 1.00. The maximum atomic E-state index is 10.0. The zero-order valence-electron chi connectivity index (χ0n) is 11.2. The topological polar surface area (TPSA) is 137 Å². The van der Waals surface area contributed by atoms with Crippen LogP contribution in [-0.2, 0) is 14.3 Å². The predicted molar refractivity (Wildman–Crippen MR) is 51.6 cm³/mol. The summed E-state index contributed by atoms with van der Waals surface area (Å²) in [5, 5.41) is 24.6. The van der Waals surface area contributed by atoms with E-state index in [2.05, 4.69) is 4.74 Å². The number of aliphatic hydroxyl groups excluding tert-OH is 2. The fourth-order valence-electron chi connectivity index (χ4n) is 0.698. The standard InChI is InChI=1S/C4H8O3.C4H6O2.CH4O.2K.H2O/c5-3-1-2-4(6)7;5-4-2-1-3-6-4;1-2;;;/h5H,1-3H2,(H,6,7);1-3H2;2H,1H3;;;1H2/q;;;2*+1;/p-2. The fourth-order valence-corrected chi connectivity index (χ4v) is 0.698. The first-order valence-corrected chi connectivity index (χ1v) is 4.58. The molecule has 1 fully saturated rings. The molecule has 3 N–H and O–H groups in total. The van der Waals surface area contributed by atoms with E-state index in [0.29, 0.717) is 19.4 Å². The second kappa shape index (κ2) is 27.4. The van der Waals surface area contributed by atoms with Gasteiger partial charge in [-0.3, -0.25) is 4.79 Å². The fraction of sp³-hybridized carbons (Fsp3) is 0.778. The second-order valence-corrected chi connectivity index (χ2v) is 2.52. The minimum atomic E-state index is -1.10. The number of carboxylic acids is 1. The van der Waals surface area contributed by atoms with Gasteiger partial charge in [-0.05, 0) is 19.3 Å². The Kier molecular flexibility index (Phi) is 49.0. The summed E-state index contributed by atoms with van der Waals surface area (Å²) >= 11 is 0. The monoisotopic (exact) mass is 316 g/mol. The Bertz CT molecular complexity index is 170. The molecule has 0 spiro atoms. The van der Waals surface area contributed by atoms with Crippen molar-refractivity contribution in [1.82, 2.24) is 0 Å². The van der Waals surface area contributed by atoms with Crippen molar-refractivity contribution in [1.29, 1.82) is 0 Å². The molecule has 0 aromatic carbocycles. The van der Waals surface area contributed by atoms with Gasteiger partial charge in [-0.15, -0.1) is 0 Å². The molecule has 0 saturated carbocycles. The number of hydrogen-bond acceptors (Lipinski definition) is 7. The van der Waals surface area contributed by atoms with E-state index in [0.717, 1.165) is 13.5 Å². The summed E-state index contributed by atoms with van der Waals surface area (Å²) in [4.78, 5) is 19.6. The summed E-state index contributed by atoms with van der Waals surface area (Å²) < 4.78 is 4.51. The van der Waals surface area contributed by atoms with Crippen molar-refractivity contribution in [3.63, 3.8) is 0 Å². The van der Waals surface area contributed by atoms with Crippen LogP contribution in [0, 0.1) is 0 Å². The average Bonchev–Trinajstić information content (AvgIpc) is 2.70. The molecule has 1 rings (SSSR count). The van der Waals surface area contributed by atoms with Crippen molar-refractivity contribution < 1.29 is 138 Å². The molecule has 7 nitrogen and oxygen atoms in total. The molecular formula is C9H18K2O7. The second-order valence-electron chi connectivity index (χ2n) is 2.52. The SMILES string of the molecule is CO.O=C([O-])CCCO.O=C1CCCO1.[K+].[K+].[OH-]. The Morgan fingerprint density at radius 1 is 1.39 bits per heavy atom. The van der Waals surface area contributed by atoms with Crippen LogP contribution in [-0.4, -0.2) is 48.0 Å². The Labute approximate surface area is 192 Å². The van der Waals surface area contributed by atoms with Gasteiger partial charge in [0.25, 0.3) is 0 Å². The molecule has 18 heavy (non-hydrogen) atoms. The molecule has 0 amide bonds. The summed E-state index contributed by atoms with van der Waals surface area (Å²) in [5.74, 6) is -1.15. The number of ether oxygens (including phenoxy) is 1. The average molecular weight is 316 g/mol. The van der Waals surface area contributed by atoms with Crippen LogP contribution in [0.15, 0.2) is 0 Å². The number of aliphatic hydroxyl groups is 2. The van der Waals surface area contributed by atoms with Crippen molar-refractivity contribution >= 4 is 11.9 Å². The Morgan fingerprint density at radius 3 is 2.00 bits per heavy atom. The third kappa shape index (κ3) is 30.8. The number of esters is 1. The van der Waals surface area contributed by atoms with Crippen LogP contribution in [0.2, 0.25) is 0 Å². The summed E-state index contributed by atoms with van der Waals surface area (Å²) in [6.07, 6.45) is 1.79. The first-order valence-electron chi connectivity index (χ1n) is 4.58. The smallest absolute Gasteiger partial charge is 0.870 e. The van der Waals surface area contributed by atoms with E-state index in [1.165, 1.54) is 0 Å². The number of hydrogen-bond donors (Lipinski definition) is 2. The van der Waals surface area contributed by atoms with E-state index in [1.807, 2.05) is 0 Å². The van der Waals surface area contributed by atoms with Crippen molar-refractivity contribution in [3.8, 4) is 0 Å². The molecule has 98 valence electrons. The third-order valence-corrected chi connectivity index (χ3v) is 1.33. The first-order chi connectivity index (χ1) is 7.16. The number of rotatable bonds is 3. The van der Waals surface area contributed by atoms with E-state index < -0.39 is 5.97 Å². The summed E-state index contributed by atoms with van der Waals surface area (Å²) in [6, 6.07) is 0. The summed E-state index contributed by atoms with van der Waals surface area (Å²) in [5.41, 5.74) is 0. The molecule has 0 atom stereocenters. The molecule has 0 aliphatic carbocycles. The van der Waals surface area contributed by atoms with Crippen LogP contribution in [0.5, 0.6) is 0 Å². The molecule has 0 unspecified atom stereocenters. The first kappa shape index (κ1) is 32.2. The van der Waals surface area contributed by atoms with E-state index in [1.54, 1.807) is 0 Å². The molecule has 0 aromatic rings. The van der Waals surface area contributed by atoms with Crippen molar-refractivity contribution in [2.24, 2.45) is 0 Å². The quantitative estimate of drug-likeness (QED) is 0.390. The Morgan fingerprint density at radius 2 is 1.89 bits per heavy atom.